The largest absolute Gasteiger partial charge is 0.386 e. The van der Waals surface area contributed by atoms with Crippen molar-refractivity contribution in [2.24, 2.45) is 16.7 Å². The maximum absolute atomic E-state index is 11.7. The number of nitrogens with two attached hydrogens (primary N) is 2. The first-order valence-corrected chi connectivity index (χ1v) is 6.24. The van der Waals surface area contributed by atoms with Gasteiger partial charge in [-0.2, -0.15) is 5.10 Å². The lowest BCUT2D eigenvalue weighted by Gasteiger charge is -2.27. The molecule has 0 aromatic rings. The van der Waals surface area contributed by atoms with Gasteiger partial charge in [0.2, 0.25) is 0 Å². The Morgan fingerprint density at radius 2 is 2.42 bits per heavy atom. The van der Waals surface area contributed by atoms with Crippen LogP contribution in [0.5, 0.6) is 0 Å². The van der Waals surface area contributed by atoms with E-state index in [0.717, 1.165) is 13.0 Å². The number of amides is 1. The lowest BCUT2D eigenvalue weighted by atomic mass is 10.2. The predicted molar refractivity (Wildman–Crippen MR) is 75.8 cm³/mol. The lowest BCUT2D eigenvalue weighted by Crippen LogP contribution is -2.37. The molecule has 1 heterocycles. The van der Waals surface area contributed by atoms with E-state index >= 15 is 0 Å². The number of likely N-dealkylation sites (tertiary alicyclic amines) is 1. The van der Waals surface area contributed by atoms with Crippen LogP contribution in [0.1, 0.15) is 19.8 Å². The lowest BCUT2D eigenvalue weighted by molar-refractivity contribution is -0.124. The minimum Gasteiger partial charge on any atom is -0.386 e. The van der Waals surface area contributed by atoms with Crippen LogP contribution in [0.4, 0.5) is 0 Å². The second-order valence-electron chi connectivity index (χ2n) is 4.36. The highest BCUT2D eigenvalue weighted by atomic mass is 16.2. The molecule has 104 valence electrons. The van der Waals surface area contributed by atoms with Gasteiger partial charge in [-0.1, -0.05) is 12.5 Å². The fraction of sp³-hybridized carbons (Fsp3) is 0.538. The van der Waals surface area contributed by atoms with E-state index in [0.29, 0.717) is 25.3 Å². The Bertz CT molecular complexity index is 420. The number of hydrogen-bond acceptors (Lipinski definition) is 4. The summed E-state index contributed by atoms with van der Waals surface area (Å²) in [7, 11) is 0. The van der Waals surface area contributed by atoms with Gasteiger partial charge in [-0.3, -0.25) is 4.79 Å². The minimum absolute atomic E-state index is 0.114. The summed E-state index contributed by atoms with van der Waals surface area (Å²) < 4.78 is 0. The Morgan fingerprint density at radius 1 is 1.68 bits per heavy atom. The van der Waals surface area contributed by atoms with Gasteiger partial charge < -0.3 is 21.4 Å². The molecule has 1 aliphatic heterocycles. The molecule has 0 aromatic heterocycles. The van der Waals surface area contributed by atoms with E-state index in [1.165, 1.54) is 0 Å². The van der Waals surface area contributed by atoms with Crippen LogP contribution < -0.4 is 11.6 Å². The third kappa shape index (κ3) is 4.21. The molecule has 19 heavy (non-hydrogen) atoms. The third-order valence-electron chi connectivity index (χ3n) is 3.18. The summed E-state index contributed by atoms with van der Waals surface area (Å²) in [4.78, 5) is 15.5. The normalized spacial score (nSPS) is 18.7. The molecule has 0 bridgehead atoms. The van der Waals surface area contributed by atoms with Crippen LogP contribution in [0.25, 0.3) is 0 Å². The minimum atomic E-state index is -0.114. The first kappa shape index (κ1) is 14.9. The quantitative estimate of drug-likeness (QED) is 0.234. The van der Waals surface area contributed by atoms with Gasteiger partial charge in [0.25, 0.3) is 5.91 Å². The van der Waals surface area contributed by atoms with Gasteiger partial charge in [-0.25, -0.2) is 0 Å². The summed E-state index contributed by atoms with van der Waals surface area (Å²) in [5.74, 6) is 10.6. The summed E-state index contributed by atoms with van der Waals surface area (Å²) >= 11 is 0. The summed E-state index contributed by atoms with van der Waals surface area (Å²) in [5, 5.41) is 3.44. The van der Waals surface area contributed by atoms with Gasteiger partial charge in [0.1, 0.15) is 5.84 Å². The average Bonchev–Trinajstić information content (AvgIpc) is 2.89. The van der Waals surface area contributed by atoms with Gasteiger partial charge in [0, 0.05) is 32.1 Å². The van der Waals surface area contributed by atoms with Gasteiger partial charge in [0.15, 0.2) is 0 Å². The molecule has 1 fully saturated rings. The zero-order valence-electron chi connectivity index (χ0n) is 11.3. The zero-order valence-corrected chi connectivity index (χ0v) is 11.3. The van der Waals surface area contributed by atoms with Crippen LogP contribution in [-0.4, -0.2) is 47.2 Å². The smallest absolute Gasteiger partial charge is 0.298 e. The van der Waals surface area contributed by atoms with Crippen molar-refractivity contribution < 1.29 is 4.79 Å². The molecule has 1 rings (SSSR count). The van der Waals surface area contributed by atoms with E-state index < -0.39 is 0 Å². The Kier molecular flexibility index (Phi) is 5.73. The number of hydrazone groups is 1. The van der Waals surface area contributed by atoms with Crippen molar-refractivity contribution in [3.63, 3.8) is 0 Å². The van der Waals surface area contributed by atoms with E-state index in [9.17, 15) is 4.79 Å². The van der Waals surface area contributed by atoms with E-state index in [1.54, 1.807) is 18.0 Å². The second-order valence-corrected chi connectivity index (χ2v) is 4.36. The molecule has 1 aliphatic rings. The highest BCUT2D eigenvalue weighted by Crippen LogP contribution is 2.16. The van der Waals surface area contributed by atoms with Crippen LogP contribution in [0, 0.1) is 11.8 Å². The van der Waals surface area contributed by atoms with Crippen LogP contribution >= 0.6 is 0 Å². The SMILES string of the molecule is C=CN(CC/C(N)=N\N)[C@@H]1CCN(C(=O)C#CC)C1. The number of carbonyl (C=O) groups is 1. The van der Waals surface area contributed by atoms with Crippen LogP contribution in [0.2, 0.25) is 0 Å². The Labute approximate surface area is 114 Å². The standard InChI is InChI=1S/C13H21N5O/c1-3-5-13(19)18-8-6-11(10-18)17(4-2)9-7-12(14)16-15/h4,11H,2,6-10,15H2,1H3,(H2,14,16)/t11-/m1/s1. The molecule has 0 aliphatic carbocycles. The Balaban J connectivity index is 2.52. The number of amidine groups is 1. The summed E-state index contributed by atoms with van der Waals surface area (Å²) in [6.07, 6.45) is 3.26. The van der Waals surface area contributed by atoms with E-state index in [4.69, 9.17) is 11.6 Å². The van der Waals surface area contributed by atoms with Crippen LogP contribution in [0.3, 0.4) is 0 Å². The monoisotopic (exact) mass is 263 g/mol. The molecule has 0 saturated carbocycles. The van der Waals surface area contributed by atoms with E-state index in [2.05, 4.69) is 28.4 Å². The van der Waals surface area contributed by atoms with Crippen molar-refractivity contribution in [1.82, 2.24) is 9.80 Å². The molecule has 0 radical (unpaired) electrons. The molecule has 1 saturated heterocycles. The maximum Gasteiger partial charge on any atom is 0.298 e. The molecular weight excluding hydrogens is 242 g/mol. The fourth-order valence-corrected chi connectivity index (χ4v) is 2.11. The highest BCUT2D eigenvalue weighted by Gasteiger charge is 2.28. The summed E-state index contributed by atoms with van der Waals surface area (Å²) in [6.45, 7) is 7.55. The van der Waals surface area contributed by atoms with Crippen molar-refractivity contribution >= 4 is 11.7 Å². The van der Waals surface area contributed by atoms with Crippen LogP contribution in [0.15, 0.2) is 17.9 Å². The number of carbonyl (C=O) groups excluding carboxylic acids is 1. The van der Waals surface area contributed by atoms with Gasteiger partial charge in [0.05, 0.1) is 0 Å². The Hall–Kier alpha value is -2.16. The molecule has 1 atom stereocenters. The third-order valence-corrected chi connectivity index (χ3v) is 3.18. The molecule has 0 unspecified atom stereocenters. The predicted octanol–water partition coefficient (Wildman–Crippen LogP) is -0.323. The van der Waals surface area contributed by atoms with Gasteiger partial charge >= 0.3 is 0 Å². The van der Waals surface area contributed by atoms with E-state index in [1.807, 2.05) is 0 Å². The molecule has 0 spiro atoms. The highest BCUT2D eigenvalue weighted by molar-refractivity contribution is 5.93. The number of nitrogens with zero attached hydrogens (tertiary/aromatic N) is 3. The summed E-state index contributed by atoms with van der Waals surface area (Å²) in [5.41, 5.74) is 5.57. The second kappa shape index (κ2) is 7.31. The average molecular weight is 263 g/mol. The molecule has 1 amide bonds. The van der Waals surface area contributed by atoms with Crippen molar-refractivity contribution in [2.75, 3.05) is 19.6 Å². The molecule has 6 nitrogen and oxygen atoms in total. The Morgan fingerprint density at radius 3 is 3.00 bits per heavy atom. The van der Waals surface area contributed by atoms with Crippen molar-refractivity contribution in [3.8, 4) is 11.8 Å². The van der Waals surface area contributed by atoms with Crippen molar-refractivity contribution in [3.05, 3.63) is 12.8 Å². The molecule has 4 N–H and O–H groups in total. The number of rotatable bonds is 5. The van der Waals surface area contributed by atoms with E-state index in [-0.39, 0.29) is 11.9 Å². The molecular formula is C13H21N5O. The number of hydrogen-bond donors (Lipinski definition) is 2. The topological polar surface area (TPSA) is 87.9 Å². The maximum atomic E-state index is 11.7. The van der Waals surface area contributed by atoms with Gasteiger partial charge in [-0.15, -0.1) is 0 Å². The molecule has 0 aromatic carbocycles. The summed E-state index contributed by atoms with van der Waals surface area (Å²) in [6, 6.07) is 0.255. The van der Waals surface area contributed by atoms with Crippen molar-refractivity contribution in [2.45, 2.75) is 25.8 Å². The van der Waals surface area contributed by atoms with Crippen LogP contribution in [-0.2, 0) is 4.79 Å². The zero-order chi connectivity index (χ0) is 14.3. The van der Waals surface area contributed by atoms with Crippen molar-refractivity contribution in [1.29, 1.82) is 0 Å². The molecule has 6 heteroatoms. The first-order chi connectivity index (χ1) is 9.12. The fourth-order valence-electron chi connectivity index (χ4n) is 2.11. The first-order valence-electron chi connectivity index (χ1n) is 6.24. The van der Waals surface area contributed by atoms with Gasteiger partial charge in [-0.05, 0) is 25.5 Å².